The maximum absolute atomic E-state index is 5.86. The summed E-state index contributed by atoms with van der Waals surface area (Å²) in [6.45, 7) is 9.83. The molecule has 0 fully saturated rings. The van der Waals surface area contributed by atoms with Crippen molar-refractivity contribution in [1.29, 1.82) is 0 Å². The molecule has 3 N–H and O–H groups in total. The first-order valence-electron chi connectivity index (χ1n) is 6.83. The molecule has 1 rings (SSSR count). The molecule has 0 aliphatic heterocycles. The van der Waals surface area contributed by atoms with E-state index in [1.165, 1.54) is 6.33 Å². The van der Waals surface area contributed by atoms with Crippen LogP contribution in [0.3, 0.4) is 0 Å². The molecule has 5 nitrogen and oxygen atoms in total. The lowest BCUT2D eigenvalue weighted by molar-refractivity contribution is 0.295. The third-order valence-corrected chi connectivity index (χ3v) is 3.53. The van der Waals surface area contributed by atoms with Crippen LogP contribution in [0, 0.1) is 0 Å². The van der Waals surface area contributed by atoms with E-state index >= 15 is 0 Å². The lowest BCUT2D eigenvalue weighted by Crippen LogP contribution is -2.26. The Labute approximate surface area is 120 Å². The van der Waals surface area contributed by atoms with E-state index in [0.717, 1.165) is 32.5 Å². The fraction of sp³-hybridized carbons (Fsp3) is 0.692. The lowest BCUT2D eigenvalue weighted by Gasteiger charge is -2.20. The number of nitrogens with zero attached hydrogens (tertiary/aromatic N) is 3. The number of hydrogen-bond donors (Lipinski definition) is 2. The number of nitrogens with two attached hydrogens (primary N) is 1. The third-order valence-electron chi connectivity index (χ3n) is 3.22. The van der Waals surface area contributed by atoms with E-state index in [1.807, 2.05) is 0 Å². The topological polar surface area (TPSA) is 67.1 Å². The van der Waals surface area contributed by atoms with Crippen LogP contribution in [0.1, 0.15) is 33.6 Å². The van der Waals surface area contributed by atoms with E-state index in [1.54, 1.807) is 0 Å². The van der Waals surface area contributed by atoms with Gasteiger partial charge in [-0.25, -0.2) is 9.97 Å². The number of hydrogen-bond acceptors (Lipinski definition) is 5. The maximum atomic E-state index is 5.86. The molecule has 6 heteroatoms. The van der Waals surface area contributed by atoms with E-state index in [4.69, 9.17) is 17.3 Å². The normalized spacial score (nSPS) is 12.7. The molecule has 0 aromatic carbocycles. The Balaban J connectivity index is 2.39. The highest BCUT2D eigenvalue weighted by Gasteiger charge is 2.09. The van der Waals surface area contributed by atoms with Gasteiger partial charge in [-0.15, -0.1) is 0 Å². The summed E-state index contributed by atoms with van der Waals surface area (Å²) in [5.74, 6) is 0.621. The average Bonchev–Trinajstić information content (AvgIpc) is 2.40. The highest BCUT2D eigenvalue weighted by atomic mass is 35.5. The molecule has 0 amide bonds. The van der Waals surface area contributed by atoms with Crippen LogP contribution < -0.4 is 11.1 Å². The standard InChI is InChI=1S/C13H24ClN5/c1-4-19(5-2)8-6-7-10(3)18-13-11(15)12(14)16-9-17-13/h9-10H,4-8,15H2,1-3H3,(H,16,17,18). The monoisotopic (exact) mass is 285 g/mol. The van der Waals surface area contributed by atoms with Gasteiger partial charge >= 0.3 is 0 Å². The largest absolute Gasteiger partial charge is 0.393 e. The van der Waals surface area contributed by atoms with Crippen LogP contribution in [0.25, 0.3) is 0 Å². The molecule has 0 saturated heterocycles. The van der Waals surface area contributed by atoms with Crippen molar-refractivity contribution in [2.24, 2.45) is 0 Å². The summed E-state index contributed by atoms with van der Waals surface area (Å²) in [6.07, 6.45) is 3.63. The Hall–Kier alpha value is -1.07. The zero-order valence-electron chi connectivity index (χ0n) is 12.0. The number of nitrogen functional groups attached to an aromatic ring is 1. The highest BCUT2D eigenvalue weighted by Crippen LogP contribution is 2.22. The van der Waals surface area contributed by atoms with Crippen molar-refractivity contribution in [1.82, 2.24) is 14.9 Å². The van der Waals surface area contributed by atoms with E-state index in [2.05, 4.69) is 41.0 Å². The summed E-state index contributed by atoms with van der Waals surface area (Å²) in [5, 5.41) is 3.58. The molecule has 19 heavy (non-hydrogen) atoms. The minimum absolute atomic E-state index is 0.299. The number of aromatic nitrogens is 2. The summed E-state index contributed by atoms with van der Waals surface area (Å²) < 4.78 is 0. The van der Waals surface area contributed by atoms with Crippen molar-refractivity contribution < 1.29 is 0 Å². The van der Waals surface area contributed by atoms with Gasteiger partial charge in [0, 0.05) is 6.04 Å². The first-order chi connectivity index (χ1) is 9.08. The van der Waals surface area contributed by atoms with E-state index in [0.29, 0.717) is 22.7 Å². The summed E-state index contributed by atoms with van der Waals surface area (Å²) in [7, 11) is 0. The second kappa shape index (κ2) is 8.17. The number of anilines is 2. The van der Waals surface area contributed by atoms with Crippen LogP contribution in [-0.4, -0.2) is 40.5 Å². The van der Waals surface area contributed by atoms with Gasteiger partial charge in [-0.05, 0) is 39.4 Å². The maximum Gasteiger partial charge on any atom is 0.157 e. The minimum Gasteiger partial charge on any atom is -0.393 e. The van der Waals surface area contributed by atoms with Crippen molar-refractivity contribution in [3.05, 3.63) is 11.5 Å². The molecule has 0 saturated carbocycles. The fourth-order valence-electron chi connectivity index (χ4n) is 1.96. The molecule has 0 spiro atoms. The molecule has 1 heterocycles. The molecule has 0 aliphatic rings. The summed E-state index contributed by atoms with van der Waals surface area (Å²) in [6, 6.07) is 0.309. The zero-order chi connectivity index (χ0) is 14.3. The van der Waals surface area contributed by atoms with Crippen LogP contribution in [0.2, 0.25) is 5.15 Å². The number of rotatable bonds is 8. The van der Waals surface area contributed by atoms with E-state index in [-0.39, 0.29) is 0 Å². The van der Waals surface area contributed by atoms with Gasteiger partial charge in [0.1, 0.15) is 12.0 Å². The Kier molecular flexibility index (Phi) is 6.87. The first-order valence-corrected chi connectivity index (χ1v) is 7.21. The smallest absolute Gasteiger partial charge is 0.157 e. The third kappa shape index (κ3) is 5.20. The average molecular weight is 286 g/mol. The summed E-state index contributed by atoms with van der Waals surface area (Å²) in [5.41, 5.74) is 6.24. The fourth-order valence-corrected chi connectivity index (χ4v) is 2.09. The minimum atomic E-state index is 0.299. The quantitative estimate of drug-likeness (QED) is 0.719. The molecule has 1 atom stereocenters. The van der Waals surface area contributed by atoms with Crippen molar-refractivity contribution >= 4 is 23.1 Å². The van der Waals surface area contributed by atoms with Crippen molar-refractivity contribution in [3.63, 3.8) is 0 Å². The second-order valence-corrected chi connectivity index (χ2v) is 5.00. The van der Waals surface area contributed by atoms with Gasteiger partial charge in [-0.3, -0.25) is 0 Å². The Bertz CT molecular complexity index is 381. The van der Waals surface area contributed by atoms with E-state index < -0.39 is 0 Å². The van der Waals surface area contributed by atoms with E-state index in [9.17, 15) is 0 Å². The predicted octanol–water partition coefficient (Wildman–Crippen LogP) is 2.63. The lowest BCUT2D eigenvalue weighted by atomic mass is 10.1. The zero-order valence-corrected chi connectivity index (χ0v) is 12.7. The second-order valence-electron chi connectivity index (χ2n) is 4.64. The Morgan fingerprint density at radius 3 is 2.68 bits per heavy atom. The number of nitrogens with one attached hydrogen (secondary N) is 1. The van der Waals surface area contributed by atoms with Crippen LogP contribution >= 0.6 is 11.6 Å². The van der Waals surface area contributed by atoms with Crippen LogP contribution in [-0.2, 0) is 0 Å². The Morgan fingerprint density at radius 1 is 1.37 bits per heavy atom. The molecule has 0 bridgehead atoms. The summed E-state index contributed by atoms with van der Waals surface area (Å²) >= 11 is 5.86. The molecule has 1 aromatic heterocycles. The molecule has 1 aromatic rings. The SMILES string of the molecule is CCN(CC)CCCC(C)Nc1ncnc(Cl)c1N. The Morgan fingerprint density at radius 2 is 2.05 bits per heavy atom. The number of halogens is 1. The van der Waals surface area contributed by atoms with Crippen molar-refractivity contribution in [2.75, 3.05) is 30.7 Å². The van der Waals surface area contributed by atoms with Gasteiger partial charge in [0.05, 0.1) is 0 Å². The predicted molar refractivity (Wildman–Crippen MR) is 81.6 cm³/mol. The molecular weight excluding hydrogens is 262 g/mol. The molecule has 0 radical (unpaired) electrons. The molecule has 1 unspecified atom stereocenters. The molecular formula is C13H24ClN5. The van der Waals surface area contributed by atoms with Crippen LogP contribution in [0.15, 0.2) is 6.33 Å². The van der Waals surface area contributed by atoms with Gasteiger partial charge in [-0.1, -0.05) is 25.4 Å². The summed E-state index contributed by atoms with van der Waals surface area (Å²) in [4.78, 5) is 10.4. The van der Waals surface area contributed by atoms with Crippen LogP contribution in [0.4, 0.5) is 11.5 Å². The highest BCUT2D eigenvalue weighted by molar-refractivity contribution is 6.32. The van der Waals surface area contributed by atoms with Crippen LogP contribution in [0.5, 0.6) is 0 Å². The molecule has 0 aliphatic carbocycles. The first kappa shape index (κ1) is 16.0. The van der Waals surface area contributed by atoms with Gasteiger partial charge in [0.25, 0.3) is 0 Å². The van der Waals surface area contributed by atoms with Crippen molar-refractivity contribution in [3.8, 4) is 0 Å². The van der Waals surface area contributed by atoms with Gasteiger partial charge in [0.2, 0.25) is 0 Å². The van der Waals surface area contributed by atoms with Gasteiger partial charge in [-0.2, -0.15) is 0 Å². The van der Waals surface area contributed by atoms with Gasteiger partial charge < -0.3 is 16.0 Å². The molecule has 108 valence electrons. The van der Waals surface area contributed by atoms with Crippen molar-refractivity contribution in [2.45, 2.75) is 39.7 Å². The van der Waals surface area contributed by atoms with Gasteiger partial charge in [0.15, 0.2) is 11.0 Å².